The van der Waals surface area contributed by atoms with Crippen molar-refractivity contribution >= 4 is 5.90 Å². The maximum atomic E-state index is 11.8. The van der Waals surface area contributed by atoms with Crippen LogP contribution in [0.25, 0.3) is 0 Å². The minimum absolute atomic E-state index is 0. The Morgan fingerprint density at radius 3 is 2.67 bits per heavy atom. The summed E-state index contributed by atoms with van der Waals surface area (Å²) in [7, 11) is 0. The summed E-state index contributed by atoms with van der Waals surface area (Å²) in [5, 5.41) is 18.0. The zero-order valence-electron chi connectivity index (χ0n) is 10.9. The van der Waals surface area contributed by atoms with E-state index in [1.54, 1.807) is 0 Å². The van der Waals surface area contributed by atoms with E-state index in [1.165, 1.54) is 18.4 Å². The Kier molecular flexibility index (Phi) is 4.71. The molecular formula is C14H17N2NaO. The average Bonchev–Trinajstić information content (AvgIpc) is 2.69. The van der Waals surface area contributed by atoms with Crippen molar-refractivity contribution in [2.45, 2.75) is 38.3 Å². The molecule has 1 aliphatic carbocycles. The van der Waals surface area contributed by atoms with Crippen LogP contribution in [-0.4, -0.2) is 16.9 Å². The summed E-state index contributed by atoms with van der Waals surface area (Å²) >= 11 is 0. The SMILES string of the molecule is [Na+].[O-]C1=NN(Cc2ccccc2)C2CCCCC12. The monoisotopic (exact) mass is 252 g/mol. The van der Waals surface area contributed by atoms with Gasteiger partial charge < -0.3 is 5.11 Å². The molecule has 3 nitrogen and oxygen atoms in total. The molecule has 4 heteroatoms. The summed E-state index contributed by atoms with van der Waals surface area (Å²) in [4.78, 5) is 0. The molecular weight excluding hydrogens is 235 g/mol. The number of nitrogens with zero attached hydrogens (tertiary/aromatic N) is 2. The average molecular weight is 252 g/mol. The van der Waals surface area contributed by atoms with Gasteiger partial charge in [0.25, 0.3) is 0 Å². The van der Waals surface area contributed by atoms with E-state index in [-0.39, 0.29) is 41.4 Å². The van der Waals surface area contributed by atoms with Gasteiger partial charge in [0, 0.05) is 5.92 Å². The number of benzene rings is 1. The Bertz CT molecular complexity index is 421. The molecule has 1 heterocycles. The number of rotatable bonds is 2. The van der Waals surface area contributed by atoms with Crippen molar-refractivity contribution in [1.29, 1.82) is 0 Å². The zero-order chi connectivity index (χ0) is 11.7. The van der Waals surface area contributed by atoms with Gasteiger partial charge >= 0.3 is 29.6 Å². The third-order valence-corrected chi connectivity index (χ3v) is 3.84. The molecule has 1 saturated carbocycles. The molecule has 2 atom stereocenters. The van der Waals surface area contributed by atoms with Gasteiger partial charge in [-0.05, 0) is 24.3 Å². The van der Waals surface area contributed by atoms with Crippen molar-refractivity contribution in [3.63, 3.8) is 0 Å². The van der Waals surface area contributed by atoms with E-state index in [0.717, 1.165) is 19.4 Å². The molecule has 3 rings (SSSR count). The minimum atomic E-state index is 0. The Labute approximate surface area is 130 Å². The number of hydrogen-bond acceptors (Lipinski definition) is 3. The van der Waals surface area contributed by atoms with Crippen molar-refractivity contribution in [3.05, 3.63) is 35.9 Å². The summed E-state index contributed by atoms with van der Waals surface area (Å²) < 4.78 is 0. The molecule has 0 spiro atoms. The van der Waals surface area contributed by atoms with E-state index >= 15 is 0 Å². The molecule has 2 unspecified atom stereocenters. The third-order valence-electron chi connectivity index (χ3n) is 3.84. The van der Waals surface area contributed by atoms with Gasteiger partial charge in [0.2, 0.25) is 0 Å². The smallest absolute Gasteiger partial charge is 0.860 e. The molecule has 0 bridgehead atoms. The number of hydrogen-bond donors (Lipinski definition) is 0. The second-order valence-corrected chi connectivity index (χ2v) is 4.98. The van der Waals surface area contributed by atoms with Crippen molar-refractivity contribution in [2.24, 2.45) is 11.0 Å². The summed E-state index contributed by atoms with van der Waals surface area (Å²) in [6.07, 6.45) is 4.56. The fourth-order valence-electron chi connectivity index (χ4n) is 2.95. The molecule has 0 saturated heterocycles. The van der Waals surface area contributed by atoms with E-state index in [4.69, 9.17) is 0 Å². The van der Waals surface area contributed by atoms with Gasteiger partial charge in [-0.2, -0.15) is 5.10 Å². The summed E-state index contributed by atoms with van der Waals surface area (Å²) in [5.41, 5.74) is 1.23. The van der Waals surface area contributed by atoms with Crippen LogP contribution in [0.2, 0.25) is 0 Å². The first-order valence-electron chi connectivity index (χ1n) is 6.40. The molecule has 2 aliphatic rings. The zero-order valence-corrected chi connectivity index (χ0v) is 12.9. The van der Waals surface area contributed by atoms with Crippen LogP contribution in [0.5, 0.6) is 0 Å². The van der Waals surface area contributed by atoms with Crippen LogP contribution in [0.4, 0.5) is 0 Å². The molecule has 18 heavy (non-hydrogen) atoms. The molecule has 1 aromatic rings. The maximum Gasteiger partial charge on any atom is 1.00 e. The second kappa shape index (κ2) is 6.09. The molecule has 90 valence electrons. The molecule has 0 aromatic heterocycles. The van der Waals surface area contributed by atoms with Gasteiger partial charge in [0.05, 0.1) is 12.6 Å². The summed E-state index contributed by atoms with van der Waals surface area (Å²) in [6.45, 7) is 0.772. The molecule has 1 aromatic carbocycles. The second-order valence-electron chi connectivity index (χ2n) is 4.98. The first kappa shape index (κ1) is 13.9. The van der Waals surface area contributed by atoms with Gasteiger partial charge in [-0.1, -0.05) is 43.2 Å². The van der Waals surface area contributed by atoms with Gasteiger partial charge in [0.15, 0.2) is 0 Å². The predicted molar refractivity (Wildman–Crippen MR) is 65.2 cm³/mol. The van der Waals surface area contributed by atoms with Gasteiger partial charge in [-0.3, -0.25) is 5.01 Å². The van der Waals surface area contributed by atoms with Gasteiger partial charge in [-0.15, -0.1) is 0 Å². The standard InChI is InChI=1S/C14H18N2O.Na/c17-14-12-8-4-5-9-13(12)16(15-14)10-11-6-2-1-3-7-11;/h1-3,6-7,12-13H,4-5,8-10H2,(H,15,17);/q;+1/p-1. The van der Waals surface area contributed by atoms with Gasteiger partial charge in [0.1, 0.15) is 0 Å². The van der Waals surface area contributed by atoms with Crippen LogP contribution >= 0.6 is 0 Å². The van der Waals surface area contributed by atoms with Crippen molar-refractivity contribution < 1.29 is 34.7 Å². The quantitative estimate of drug-likeness (QED) is 0.616. The topological polar surface area (TPSA) is 38.7 Å². The van der Waals surface area contributed by atoms with E-state index in [0.29, 0.717) is 6.04 Å². The fraction of sp³-hybridized carbons (Fsp3) is 0.500. The molecule has 0 radical (unpaired) electrons. The first-order chi connectivity index (χ1) is 8.34. The molecule has 1 fully saturated rings. The normalized spacial score (nSPS) is 26.2. The van der Waals surface area contributed by atoms with Crippen LogP contribution in [0, 0.1) is 5.92 Å². The van der Waals surface area contributed by atoms with E-state index < -0.39 is 0 Å². The molecule has 0 amide bonds. The first-order valence-corrected chi connectivity index (χ1v) is 6.40. The Morgan fingerprint density at radius 2 is 1.89 bits per heavy atom. The van der Waals surface area contributed by atoms with E-state index in [9.17, 15) is 5.11 Å². The van der Waals surface area contributed by atoms with Crippen molar-refractivity contribution in [1.82, 2.24) is 5.01 Å². The third kappa shape index (κ3) is 2.73. The Morgan fingerprint density at radius 1 is 1.17 bits per heavy atom. The van der Waals surface area contributed by atoms with Crippen molar-refractivity contribution in [2.75, 3.05) is 0 Å². The Hall–Kier alpha value is -0.510. The molecule has 1 aliphatic heterocycles. The van der Waals surface area contributed by atoms with Crippen LogP contribution in [0.15, 0.2) is 35.4 Å². The Balaban J connectivity index is 0.00000120. The minimum Gasteiger partial charge on any atom is -0.860 e. The van der Waals surface area contributed by atoms with Gasteiger partial charge in [-0.25, -0.2) is 0 Å². The predicted octanol–water partition coefficient (Wildman–Crippen LogP) is -1.26. The number of hydrazone groups is 1. The summed E-state index contributed by atoms with van der Waals surface area (Å²) in [5.74, 6) is 0.276. The van der Waals surface area contributed by atoms with Crippen LogP contribution in [0.3, 0.4) is 0 Å². The van der Waals surface area contributed by atoms with Crippen LogP contribution in [-0.2, 0) is 6.54 Å². The fourth-order valence-corrected chi connectivity index (χ4v) is 2.95. The van der Waals surface area contributed by atoms with Crippen molar-refractivity contribution in [3.8, 4) is 0 Å². The maximum absolute atomic E-state index is 11.8. The van der Waals surface area contributed by atoms with Crippen LogP contribution in [0.1, 0.15) is 31.2 Å². The largest absolute Gasteiger partial charge is 1.00 e. The summed E-state index contributed by atoms with van der Waals surface area (Å²) in [6, 6.07) is 10.6. The number of fused-ring (bicyclic) bond motifs is 1. The van der Waals surface area contributed by atoms with E-state index in [2.05, 4.69) is 17.2 Å². The van der Waals surface area contributed by atoms with E-state index in [1.807, 2.05) is 23.2 Å². The van der Waals surface area contributed by atoms with Crippen LogP contribution < -0.4 is 34.7 Å². The molecule has 0 N–H and O–H groups in total.